The van der Waals surface area contributed by atoms with Crippen LogP contribution in [-0.2, 0) is 11.2 Å². The van der Waals surface area contributed by atoms with Crippen LogP contribution in [-0.4, -0.2) is 29.4 Å². The summed E-state index contributed by atoms with van der Waals surface area (Å²) in [6.45, 7) is 15.0. The minimum Gasteiger partial charge on any atom is -0.507 e. The monoisotopic (exact) mass is 441 g/mol. The van der Waals surface area contributed by atoms with Gasteiger partial charge in [-0.2, -0.15) is 0 Å². The van der Waals surface area contributed by atoms with Crippen molar-refractivity contribution < 1.29 is 19.4 Å². The number of nitrogens with one attached hydrogen (secondary N) is 1. The van der Waals surface area contributed by atoms with E-state index >= 15 is 0 Å². The van der Waals surface area contributed by atoms with E-state index in [1.807, 2.05) is 32.9 Å². The number of epoxide rings is 1. The van der Waals surface area contributed by atoms with E-state index in [-0.39, 0.29) is 23.7 Å². The Morgan fingerprint density at radius 2 is 2.06 bits per heavy atom. The first-order chi connectivity index (χ1) is 15.1. The molecule has 176 valence electrons. The van der Waals surface area contributed by atoms with Crippen LogP contribution in [0, 0.1) is 5.92 Å². The maximum Gasteiger partial charge on any atom is 0.413 e. The van der Waals surface area contributed by atoms with Crippen LogP contribution in [0.15, 0.2) is 35.9 Å². The second kappa shape index (κ2) is 10.1. The molecule has 1 aromatic carbocycles. The molecule has 0 saturated carbocycles. The molecule has 0 spiro atoms. The van der Waals surface area contributed by atoms with Crippen molar-refractivity contribution in [1.29, 1.82) is 0 Å². The molecule has 1 aliphatic heterocycles. The molecule has 2 aliphatic rings. The van der Waals surface area contributed by atoms with E-state index in [9.17, 15) is 9.90 Å². The zero-order valence-electron chi connectivity index (χ0n) is 20.3. The second-order valence-corrected chi connectivity index (χ2v) is 10.1. The van der Waals surface area contributed by atoms with Crippen molar-refractivity contribution in [3.63, 3.8) is 0 Å². The first-order valence-electron chi connectivity index (χ1n) is 11.9. The third kappa shape index (κ3) is 5.94. The first kappa shape index (κ1) is 24.4. The number of rotatable bonds is 9. The lowest BCUT2D eigenvalue weighted by atomic mass is 9.73. The van der Waals surface area contributed by atoms with E-state index in [4.69, 9.17) is 9.47 Å². The quantitative estimate of drug-likeness (QED) is 0.264. The Balaban J connectivity index is 1.96. The number of amides is 1. The maximum absolute atomic E-state index is 12.9. The van der Waals surface area contributed by atoms with E-state index in [0.717, 1.165) is 49.7 Å². The fourth-order valence-electron chi connectivity index (χ4n) is 4.65. The Bertz CT molecular complexity index is 882. The van der Waals surface area contributed by atoms with Crippen molar-refractivity contribution in [2.75, 3.05) is 6.61 Å². The highest BCUT2D eigenvalue weighted by atomic mass is 16.6. The van der Waals surface area contributed by atoms with Gasteiger partial charge in [-0.15, -0.1) is 0 Å². The fraction of sp³-hybridized carbons (Fsp3) is 0.593. The minimum absolute atomic E-state index is 0.0000227. The van der Waals surface area contributed by atoms with Crippen LogP contribution in [0.25, 0.3) is 0 Å². The Morgan fingerprint density at radius 3 is 2.69 bits per heavy atom. The van der Waals surface area contributed by atoms with Crippen molar-refractivity contribution in [2.24, 2.45) is 5.92 Å². The van der Waals surface area contributed by atoms with Gasteiger partial charge >= 0.3 is 6.09 Å². The van der Waals surface area contributed by atoms with E-state index in [1.165, 1.54) is 5.57 Å². The van der Waals surface area contributed by atoms with Gasteiger partial charge < -0.3 is 19.9 Å². The van der Waals surface area contributed by atoms with E-state index in [2.05, 4.69) is 31.8 Å². The number of hydrogen-bond acceptors (Lipinski definition) is 4. The SMILES string of the molecule is C=C(C)[C@@H]1CCC(C)=C[C@H]1c1c(O)cc(CCCCC)cc1OC(=O)NC(C)(C)C1CO1. The predicted octanol–water partition coefficient (Wildman–Crippen LogP) is 6.41. The number of ether oxygens (including phenoxy) is 2. The molecule has 0 radical (unpaired) electrons. The normalized spacial score (nSPS) is 22.8. The molecule has 1 unspecified atom stereocenters. The molecule has 1 aliphatic carbocycles. The van der Waals surface area contributed by atoms with Crippen LogP contribution < -0.4 is 10.1 Å². The zero-order chi connectivity index (χ0) is 23.5. The molecule has 1 heterocycles. The molecule has 1 fully saturated rings. The standard InChI is InChI=1S/C27H39NO4/c1-7-8-9-10-19-14-22(29)25(21-13-18(4)11-12-20(21)17(2)3)23(15-19)32-26(30)28-27(5,6)24-16-31-24/h13-15,20-21,24,29H,2,7-12,16H2,1,3-6H3,(H,28,30)/t20-,21+,24?/m0/s1. The summed E-state index contributed by atoms with van der Waals surface area (Å²) in [5, 5.41) is 14.0. The number of carbonyl (C=O) groups is 1. The van der Waals surface area contributed by atoms with Gasteiger partial charge in [0.1, 0.15) is 17.6 Å². The van der Waals surface area contributed by atoms with Crippen LogP contribution in [0.5, 0.6) is 11.5 Å². The Labute approximate surface area is 192 Å². The molecule has 2 N–H and O–H groups in total. The lowest BCUT2D eigenvalue weighted by Crippen LogP contribution is -2.49. The molecule has 32 heavy (non-hydrogen) atoms. The summed E-state index contributed by atoms with van der Waals surface area (Å²) in [6, 6.07) is 3.77. The molecule has 1 saturated heterocycles. The van der Waals surface area contributed by atoms with E-state index in [0.29, 0.717) is 17.9 Å². The molecular formula is C27H39NO4. The number of benzene rings is 1. The second-order valence-electron chi connectivity index (χ2n) is 10.1. The van der Waals surface area contributed by atoms with Gasteiger partial charge in [0.25, 0.3) is 0 Å². The predicted molar refractivity (Wildman–Crippen MR) is 128 cm³/mol. The molecule has 0 aromatic heterocycles. The van der Waals surface area contributed by atoms with Crippen LogP contribution in [0.3, 0.4) is 0 Å². The highest BCUT2D eigenvalue weighted by molar-refractivity contribution is 5.73. The third-order valence-corrected chi connectivity index (χ3v) is 6.73. The fourth-order valence-corrected chi connectivity index (χ4v) is 4.65. The van der Waals surface area contributed by atoms with Crippen molar-refractivity contribution >= 4 is 6.09 Å². The summed E-state index contributed by atoms with van der Waals surface area (Å²) < 4.78 is 11.2. The number of phenols is 1. The number of unbranched alkanes of at least 4 members (excludes halogenated alkanes) is 2. The highest BCUT2D eigenvalue weighted by Gasteiger charge is 2.41. The molecule has 0 bridgehead atoms. The van der Waals surface area contributed by atoms with Crippen molar-refractivity contribution in [1.82, 2.24) is 5.32 Å². The highest BCUT2D eigenvalue weighted by Crippen LogP contribution is 2.47. The zero-order valence-corrected chi connectivity index (χ0v) is 20.3. The average molecular weight is 442 g/mol. The van der Waals surface area contributed by atoms with Crippen molar-refractivity contribution in [2.45, 2.75) is 90.7 Å². The number of aromatic hydroxyl groups is 1. The van der Waals surface area contributed by atoms with Gasteiger partial charge in [0.2, 0.25) is 0 Å². The summed E-state index contributed by atoms with van der Waals surface area (Å²) in [4.78, 5) is 12.9. The van der Waals surface area contributed by atoms with Crippen LogP contribution in [0.2, 0.25) is 0 Å². The van der Waals surface area contributed by atoms with E-state index in [1.54, 1.807) is 0 Å². The van der Waals surface area contributed by atoms with Gasteiger partial charge in [-0.3, -0.25) is 0 Å². The lowest BCUT2D eigenvalue weighted by Gasteiger charge is -2.32. The summed E-state index contributed by atoms with van der Waals surface area (Å²) in [6.07, 6.45) is 7.77. The minimum atomic E-state index is -0.528. The molecule has 1 amide bonds. The Morgan fingerprint density at radius 1 is 1.34 bits per heavy atom. The summed E-state index contributed by atoms with van der Waals surface area (Å²) in [7, 11) is 0. The lowest BCUT2D eigenvalue weighted by molar-refractivity contribution is 0.179. The van der Waals surface area contributed by atoms with Gasteiger partial charge in [-0.25, -0.2) is 4.79 Å². The van der Waals surface area contributed by atoms with Gasteiger partial charge in [0, 0.05) is 11.5 Å². The Hall–Kier alpha value is -2.27. The molecule has 5 nitrogen and oxygen atoms in total. The average Bonchev–Trinajstić information content (AvgIpc) is 3.53. The summed E-state index contributed by atoms with van der Waals surface area (Å²) >= 11 is 0. The summed E-state index contributed by atoms with van der Waals surface area (Å²) in [5.74, 6) is 0.739. The van der Waals surface area contributed by atoms with Crippen LogP contribution in [0.4, 0.5) is 4.79 Å². The molecule has 3 atom stereocenters. The molecule has 3 rings (SSSR count). The largest absolute Gasteiger partial charge is 0.507 e. The molecular weight excluding hydrogens is 402 g/mol. The van der Waals surface area contributed by atoms with Crippen LogP contribution >= 0.6 is 0 Å². The number of carbonyl (C=O) groups excluding carboxylic acids is 1. The topological polar surface area (TPSA) is 71.1 Å². The maximum atomic E-state index is 12.9. The third-order valence-electron chi connectivity index (χ3n) is 6.73. The number of phenolic OH excluding ortho intramolecular Hbond substituents is 1. The number of allylic oxidation sites excluding steroid dienone is 3. The number of hydrogen-bond donors (Lipinski definition) is 2. The van der Waals surface area contributed by atoms with Gasteiger partial charge in [-0.05, 0) is 77.0 Å². The Kier molecular flexibility index (Phi) is 7.71. The van der Waals surface area contributed by atoms with Gasteiger partial charge in [0.05, 0.1) is 12.1 Å². The van der Waals surface area contributed by atoms with Gasteiger partial charge in [0.15, 0.2) is 0 Å². The summed E-state index contributed by atoms with van der Waals surface area (Å²) in [5.41, 5.74) is 3.50. The van der Waals surface area contributed by atoms with Crippen LogP contribution in [0.1, 0.15) is 83.8 Å². The van der Waals surface area contributed by atoms with Gasteiger partial charge in [-0.1, -0.05) is 43.6 Å². The smallest absolute Gasteiger partial charge is 0.413 e. The number of aryl methyl sites for hydroxylation is 1. The molecule has 1 aromatic rings. The van der Waals surface area contributed by atoms with E-state index < -0.39 is 11.6 Å². The van der Waals surface area contributed by atoms with Crippen molar-refractivity contribution in [3.05, 3.63) is 47.1 Å². The first-order valence-corrected chi connectivity index (χ1v) is 11.9. The van der Waals surface area contributed by atoms with Crippen molar-refractivity contribution in [3.8, 4) is 11.5 Å². The molecule has 5 heteroatoms.